The van der Waals surface area contributed by atoms with Gasteiger partial charge in [-0.2, -0.15) is 0 Å². The van der Waals surface area contributed by atoms with Crippen LogP contribution in [0.25, 0.3) is 0 Å². The Balaban J connectivity index is 1.75. The highest BCUT2D eigenvalue weighted by atomic mass is 127. The van der Waals surface area contributed by atoms with Crippen molar-refractivity contribution in [1.29, 1.82) is 0 Å². The number of hydrogen-bond acceptors (Lipinski definition) is 3. The Kier molecular flexibility index (Phi) is 4.47. The van der Waals surface area contributed by atoms with Crippen LogP contribution in [0.5, 0.6) is 0 Å². The van der Waals surface area contributed by atoms with Gasteiger partial charge in [-0.05, 0) is 6.42 Å². The number of carbonyl (C=O) groups excluding carboxylic acids is 1. The molecule has 4 heteroatoms. The van der Waals surface area contributed by atoms with Gasteiger partial charge in [-0.25, -0.2) is 0 Å². The molecule has 16 heavy (non-hydrogen) atoms. The number of unbranched alkanes of at least 4 members (excludes halogenated alkanes) is 3. The molecule has 0 aromatic heterocycles. The van der Waals surface area contributed by atoms with E-state index in [1.54, 1.807) is 0 Å². The summed E-state index contributed by atoms with van der Waals surface area (Å²) in [7, 11) is 0. The number of rotatable bonds is 5. The second-order valence-electron chi connectivity index (χ2n) is 4.67. The highest BCUT2D eigenvalue weighted by Gasteiger charge is 2.49. The average Bonchev–Trinajstić information content (AvgIpc) is 2.74. The van der Waals surface area contributed by atoms with E-state index < -0.39 is 0 Å². The highest BCUT2D eigenvalue weighted by Crippen LogP contribution is 2.37. The van der Waals surface area contributed by atoms with Crippen molar-refractivity contribution in [2.24, 2.45) is 0 Å². The van der Waals surface area contributed by atoms with Crippen LogP contribution in [0.4, 0.5) is 0 Å². The third kappa shape index (κ3) is 2.70. The molecule has 0 unspecified atom stereocenters. The van der Waals surface area contributed by atoms with Gasteiger partial charge in [0.25, 0.3) is 0 Å². The molecule has 3 nitrogen and oxygen atoms in total. The maximum absolute atomic E-state index is 11.1. The minimum Gasteiger partial charge on any atom is -0.458 e. The Morgan fingerprint density at radius 2 is 2.19 bits per heavy atom. The zero-order valence-corrected chi connectivity index (χ0v) is 11.8. The number of halogens is 1. The normalized spacial score (nSPS) is 37.5. The van der Waals surface area contributed by atoms with Crippen LogP contribution in [0.3, 0.4) is 0 Å². The molecule has 2 aliphatic heterocycles. The van der Waals surface area contributed by atoms with E-state index in [0.29, 0.717) is 16.4 Å². The first kappa shape index (κ1) is 12.6. The Bertz CT molecular complexity index is 257. The Labute approximate surface area is 110 Å². The topological polar surface area (TPSA) is 35.5 Å². The van der Waals surface area contributed by atoms with Crippen molar-refractivity contribution in [2.75, 3.05) is 0 Å². The van der Waals surface area contributed by atoms with E-state index in [2.05, 4.69) is 29.5 Å². The van der Waals surface area contributed by atoms with Crippen molar-refractivity contribution < 1.29 is 14.3 Å². The van der Waals surface area contributed by atoms with Gasteiger partial charge in [0.1, 0.15) is 12.2 Å². The fraction of sp³-hybridized carbons (Fsp3) is 0.917. The number of alkyl halides is 1. The van der Waals surface area contributed by atoms with Crippen molar-refractivity contribution in [2.45, 2.75) is 67.7 Å². The molecular formula is C12H19IO3. The SMILES string of the molecule is CCCCCC[C@H]1O[C@@H]2CC(=O)O[C@@H]2[C@H]1I. The first-order valence-corrected chi connectivity index (χ1v) is 7.46. The van der Waals surface area contributed by atoms with E-state index in [1.807, 2.05) is 0 Å². The van der Waals surface area contributed by atoms with E-state index in [4.69, 9.17) is 9.47 Å². The number of carbonyl (C=O) groups is 1. The molecular weight excluding hydrogens is 319 g/mol. The van der Waals surface area contributed by atoms with Crippen LogP contribution in [0.1, 0.15) is 45.4 Å². The molecule has 92 valence electrons. The molecule has 2 heterocycles. The molecule has 0 N–H and O–H groups in total. The van der Waals surface area contributed by atoms with Gasteiger partial charge in [0.05, 0.1) is 16.4 Å². The fourth-order valence-electron chi connectivity index (χ4n) is 2.46. The van der Waals surface area contributed by atoms with Gasteiger partial charge in [0.15, 0.2) is 0 Å². The summed E-state index contributed by atoms with van der Waals surface area (Å²) in [5.41, 5.74) is 0. The second kappa shape index (κ2) is 5.67. The zero-order valence-electron chi connectivity index (χ0n) is 9.65. The molecule has 2 rings (SSSR count). The fourth-order valence-corrected chi connectivity index (χ4v) is 3.60. The minimum absolute atomic E-state index is 0.0178. The zero-order chi connectivity index (χ0) is 11.5. The van der Waals surface area contributed by atoms with Crippen LogP contribution in [-0.2, 0) is 14.3 Å². The third-order valence-electron chi connectivity index (χ3n) is 3.36. The number of ether oxygens (including phenoxy) is 2. The van der Waals surface area contributed by atoms with Crippen molar-refractivity contribution in [3.63, 3.8) is 0 Å². The largest absolute Gasteiger partial charge is 0.458 e. The van der Waals surface area contributed by atoms with Crippen LogP contribution in [0.2, 0.25) is 0 Å². The van der Waals surface area contributed by atoms with Gasteiger partial charge in [-0.15, -0.1) is 0 Å². The predicted octanol–water partition coefficient (Wildman–Crippen LogP) is 2.84. The van der Waals surface area contributed by atoms with E-state index in [0.717, 1.165) is 6.42 Å². The van der Waals surface area contributed by atoms with Gasteiger partial charge >= 0.3 is 5.97 Å². The minimum atomic E-state index is -0.0962. The second-order valence-corrected chi connectivity index (χ2v) is 6.10. The Hall–Kier alpha value is 0.160. The summed E-state index contributed by atoms with van der Waals surface area (Å²) in [5.74, 6) is -0.0962. The highest BCUT2D eigenvalue weighted by molar-refractivity contribution is 14.1. The molecule has 0 radical (unpaired) electrons. The average molecular weight is 338 g/mol. The molecule has 0 aliphatic carbocycles. The summed E-state index contributed by atoms with van der Waals surface area (Å²) in [5, 5.41) is 0. The van der Waals surface area contributed by atoms with E-state index >= 15 is 0 Å². The molecule has 2 saturated heterocycles. The van der Waals surface area contributed by atoms with E-state index in [-0.39, 0.29) is 18.2 Å². The van der Waals surface area contributed by atoms with Crippen molar-refractivity contribution in [3.05, 3.63) is 0 Å². The maximum Gasteiger partial charge on any atom is 0.308 e. The van der Waals surface area contributed by atoms with E-state index in [1.165, 1.54) is 25.7 Å². The molecule has 0 aromatic rings. The standard InChI is InChI=1S/C12H19IO3/c1-2-3-4-5-6-8-11(13)12-9(15-8)7-10(14)16-12/h8-9,11-12H,2-7H2,1H3/t8-,9-,11+,12+/m1/s1. The summed E-state index contributed by atoms with van der Waals surface area (Å²) < 4.78 is 11.5. The Morgan fingerprint density at radius 3 is 2.88 bits per heavy atom. The summed E-state index contributed by atoms with van der Waals surface area (Å²) in [4.78, 5) is 11.1. The molecule has 0 aromatic carbocycles. The van der Waals surface area contributed by atoms with Crippen LogP contribution >= 0.6 is 22.6 Å². The van der Waals surface area contributed by atoms with Gasteiger partial charge in [0, 0.05) is 0 Å². The summed E-state index contributed by atoms with van der Waals surface area (Å²) in [6, 6.07) is 0. The lowest BCUT2D eigenvalue weighted by Crippen LogP contribution is -2.26. The van der Waals surface area contributed by atoms with Crippen LogP contribution in [0, 0.1) is 0 Å². The first-order valence-electron chi connectivity index (χ1n) is 6.21. The number of esters is 1. The number of hydrogen-bond donors (Lipinski definition) is 0. The third-order valence-corrected chi connectivity index (χ3v) is 4.87. The molecule has 2 aliphatic rings. The monoisotopic (exact) mass is 338 g/mol. The molecule has 2 fully saturated rings. The summed E-state index contributed by atoms with van der Waals surface area (Å²) in [6.45, 7) is 2.22. The Morgan fingerprint density at radius 1 is 1.38 bits per heavy atom. The summed E-state index contributed by atoms with van der Waals surface area (Å²) >= 11 is 2.38. The summed E-state index contributed by atoms with van der Waals surface area (Å²) in [6.07, 6.45) is 6.99. The lowest BCUT2D eigenvalue weighted by atomic mass is 10.1. The lowest BCUT2D eigenvalue weighted by molar-refractivity contribution is -0.141. The molecule has 0 spiro atoms. The number of fused-ring (bicyclic) bond motifs is 1. The smallest absolute Gasteiger partial charge is 0.308 e. The van der Waals surface area contributed by atoms with Crippen LogP contribution in [-0.4, -0.2) is 28.2 Å². The van der Waals surface area contributed by atoms with E-state index in [9.17, 15) is 4.79 Å². The molecule has 0 bridgehead atoms. The quantitative estimate of drug-likeness (QED) is 0.335. The van der Waals surface area contributed by atoms with Gasteiger partial charge in [-0.1, -0.05) is 55.2 Å². The van der Waals surface area contributed by atoms with Gasteiger partial charge in [-0.3, -0.25) is 4.79 Å². The molecule has 0 saturated carbocycles. The van der Waals surface area contributed by atoms with Crippen molar-refractivity contribution >= 4 is 28.6 Å². The predicted molar refractivity (Wildman–Crippen MR) is 69.7 cm³/mol. The van der Waals surface area contributed by atoms with Gasteiger partial charge < -0.3 is 9.47 Å². The molecule has 4 atom stereocenters. The molecule has 0 amide bonds. The van der Waals surface area contributed by atoms with Gasteiger partial charge in [0.2, 0.25) is 0 Å². The van der Waals surface area contributed by atoms with Crippen molar-refractivity contribution in [3.8, 4) is 0 Å². The lowest BCUT2D eigenvalue weighted by Gasteiger charge is -2.15. The van der Waals surface area contributed by atoms with Crippen LogP contribution < -0.4 is 0 Å². The first-order chi connectivity index (χ1) is 7.72. The van der Waals surface area contributed by atoms with Crippen molar-refractivity contribution in [1.82, 2.24) is 0 Å². The maximum atomic E-state index is 11.1. The van der Waals surface area contributed by atoms with Crippen LogP contribution in [0.15, 0.2) is 0 Å².